The molecule has 2 aromatic rings. The molecule has 0 saturated carbocycles. The zero-order valence-electron chi connectivity index (χ0n) is 18.1. The van der Waals surface area contributed by atoms with E-state index in [4.69, 9.17) is 31.5 Å². The molecule has 10 nitrogen and oxygen atoms in total. The van der Waals surface area contributed by atoms with Crippen molar-refractivity contribution in [2.45, 2.75) is 25.9 Å². The normalized spacial score (nSPS) is 17.1. The Kier molecular flexibility index (Phi) is 7.16. The smallest absolute Gasteiger partial charge is 0.336 e. The number of aromatic amines is 1. The molecule has 0 bridgehead atoms. The van der Waals surface area contributed by atoms with Crippen molar-refractivity contribution < 1.29 is 23.8 Å². The molecular formula is C21H24ClN5O5. The van der Waals surface area contributed by atoms with E-state index in [0.717, 1.165) is 0 Å². The van der Waals surface area contributed by atoms with E-state index in [-0.39, 0.29) is 29.5 Å². The quantitative estimate of drug-likeness (QED) is 0.529. The highest BCUT2D eigenvalue weighted by Gasteiger charge is 2.42. The Morgan fingerprint density at radius 3 is 2.50 bits per heavy atom. The summed E-state index contributed by atoms with van der Waals surface area (Å²) in [6.45, 7) is 3.50. The van der Waals surface area contributed by atoms with E-state index in [1.807, 2.05) is 0 Å². The lowest BCUT2D eigenvalue weighted by Crippen LogP contribution is -2.36. The molecule has 0 amide bonds. The Morgan fingerprint density at radius 1 is 1.22 bits per heavy atom. The Bertz CT molecular complexity index is 1090. The van der Waals surface area contributed by atoms with Crippen LogP contribution in [-0.2, 0) is 23.8 Å². The molecule has 1 aliphatic heterocycles. The minimum absolute atomic E-state index is 0.0151. The van der Waals surface area contributed by atoms with E-state index in [0.29, 0.717) is 22.0 Å². The summed E-state index contributed by atoms with van der Waals surface area (Å²) in [6, 6.07) is 6.93. The number of allylic oxidation sites excluding steroid dienone is 1. The fraction of sp³-hybridized carbons (Fsp3) is 0.333. The number of methoxy groups -OCH3 is 2. The summed E-state index contributed by atoms with van der Waals surface area (Å²) in [5.74, 6) is -1.87. The van der Waals surface area contributed by atoms with Crippen molar-refractivity contribution in [2.24, 2.45) is 0 Å². The summed E-state index contributed by atoms with van der Waals surface area (Å²) in [5.41, 5.74) is 7.32. The van der Waals surface area contributed by atoms with Crippen LogP contribution in [0.25, 0.3) is 0 Å². The lowest BCUT2D eigenvalue weighted by atomic mass is 9.79. The van der Waals surface area contributed by atoms with Crippen LogP contribution in [0.3, 0.4) is 0 Å². The SMILES string of the molecule is CCOC(=O)C1=C(C(OC)c2nc(N)n[nH]2)NC(C)=C(C(=O)OC)C1c1ccccc1Cl. The van der Waals surface area contributed by atoms with E-state index in [9.17, 15) is 9.59 Å². The number of aromatic nitrogens is 3. The molecule has 11 heteroatoms. The van der Waals surface area contributed by atoms with Crippen molar-refractivity contribution in [1.29, 1.82) is 0 Å². The zero-order chi connectivity index (χ0) is 23.4. The van der Waals surface area contributed by atoms with E-state index in [2.05, 4.69) is 20.5 Å². The van der Waals surface area contributed by atoms with E-state index < -0.39 is 24.0 Å². The summed E-state index contributed by atoms with van der Waals surface area (Å²) in [7, 11) is 2.71. The first-order chi connectivity index (χ1) is 15.3. The molecule has 1 aromatic heterocycles. The summed E-state index contributed by atoms with van der Waals surface area (Å²) in [6.07, 6.45) is -0.890. The van der Waals surface area contributed by atoms with Crippen LogP contribution < -0.4 is 11.1 Å². The van der Waals surface area contributed by atoms with Crippen LogP contribution in [-0.4, -0.2) is 47.9 Å². The third-order valence-corrected chi connectivity index (χ3v) is 5.32. The molecule has 0 radical (unpaired) electrons. The number of anilines is 1. The number of nitrogens with zero attached hydrogens (tertiary/aromatic N) is 2. The average Bonchev–Trinajstić information content (AvgIpc) is 3.19. The van der Waals surface area contributed by atoms with Gasteiger partial charge in [-0.2, -0.15) is 4.98 Å². The second-order valence-electron chi connectivity index (χ2n) is 6.85. The van der Waals surface area contributed by atoms with Crippen LogP contribution in [0.4, 0.5) is 5.95 Å². The number of nitrogen functional groups attached to an aromatic ring is 1. The molecule has 0 aliphatic carbocycles. The number of hydrogen-bond acceptors (Lipinski definition) is 9. The maximum absolute atomic E-state index is 13.3. The first-order valence-electron chi connectivity index (χ1n) is 9.76. The third kappa shape index (κ3) is 4.32. The minimum atomic E-state index is -0.890. The lowest BCUT2D eigenvalue weighted by molar-refractivity contribution is -0.139. The number of dihydropyridines is 1. The van der Waals surface area contributed by atoms with Gasteiger partial charge in [0.2, 0.25) is 5.95 Å². The predicted molar refractivity (Wildman–Crippen MR) is 116 cm³/mol. The Balaban J connectivity index is 2.33. The predicted octanol–water partition coefficient (Wildman–Crippen LogP) is 2.38. The third-order valence-electron chi connectivity index (χ3n) is 4.98. The van der Waals surface area contributed by atoms with Gasteiger partial charge >= 0.3 is 11.9 Å². The van der Waals surface area contributed by atoms with Gasteiger partial charge in [0.15, 0.2) is 11.9 Å². The monoisotopic (exact) mass is 461 g/mol. The zero-order valence-corrected chi connectivity index (χ0v) is 18.8. The second kappa shape index (κ2) is 9.84. The van der Waals surface area contributed by atoms with Gasteiger partial charge in [0.1, 0.15) is 0 Å². The molecular weight excluding hydrogens is 438 g/mol. The van der Waals surface area contributed by atoms with Gasteiger partial charge in [0, 0.05) is 17.8 Å². The number of carbonyl (C=O) groups excluding carboxylic acids is 2. The van der Waals surface area contributed by atoms with Gasteiger partial charge in [-0.05, 0) is 25.5 Å². The van der Waals surface area contributed by atoms with Crippen molar-refractivity contribution in [3.63, 3.8) is 0 Å². The molecule has 3 rings (SSSR count). The van der Waals surface area contributed by atoms with Gasteiger partial charge in [0.25, 0.3) is 0 Å². The number of esters is 2. The van der Waals surface area contributed by atoms with Crippen LogP contribution in [0.1, 0.15) is 37.3 Å². The van der Waals surface area contributed by atoms with Gasteiger partial charge in [-0.25, -0.2) is 9.59 Å². The minimum Gasteiger partial charge on any atom is -0.466 e. The number of nitrogens with two attached hydrogens (primary N) is 1. The highest BCUT2D eigenvalue weighted by Crippen LogP contribution is 2.44. The average molecular weight is 462 g/mol. The number of ether oxygens (including phenoxy) is 3. The maximum atomic E-state index is 13.3. The van der Waals surface area contributed by atoms with Crippen molar-refractivity contribution in [3.05, 3.63) is 63.2 Å². The number of rotatable bonds is 7. The molecule has 32 heavy (non-hydrogen) atoms. The largest absolute Gasteiger partial charge is 0.466 e. The topological polar surface area (TPSA) is 141 Å². The molecule has 0 saturated heterocycles. The van der Waals surface area contributed by atoms with E-state index in [1.165, 1.54) is 14.2 Å². The number of H-pyrrole nitrogens is 1. The van der Waals surface area contributed by atoms with Crippen LogP contribution in [0.5, 0.6) is 0 Å². The van der Waals surface area contributed by atoms with E-state index >= 15 is 0 Å². The first kappa shape index (κ1) is 23.3. The Hall–Kier alpha value is -3.37. The van der Waals surface area contributed by atoms with Crippen LogP contribution in [0.15, 0.2) is 46.8 Å². The molecule has 1 aromatic carbocycles. The lowest BCUT2D eigenvalue weighted by Gasteiger charge is -2.33. The first-order valence-corrected chi connectivity index (χ1v) is 10.1. The highest BCUT2D eigenvalue weighted by molar-refractivity contribution is 6.31. The van der Waals surface area contributed by atoms with Crippen LogP contribution >= 0.6 is 11.6 Å². The Labute approximate surface area is 189 Å². The molecule has 2 unspecified atom stereocenters. The van der Waals surface area contributed by atoms with Crippen molar-refractivity contribution >= 4 is 29.5 Å². The van der Waals surface area contributed by atoms with Crippen molar-refractivity contribution in [3.8, 4) is 0 Å². The fourth-order valence-corrected chi connectivity index (χ4v) is 3.91. The molecule has 1 aliphatic rings. The van der Waals surface area contributed by atoms with Gasteiger partial charge < -0.3 is 25.3 Å². The molecule has 2 heterocycles. The highest BCUT2D eigenvalue weighted by atomic mass is 35.5. The van der Waals surface area contributed by atoms with Crippen LogP contribution in [0, 0.1) is 0 Å². The van der Waals surface area contributed by atoms with Gasteiger partial charge in [0.05, 0.1) is 36.5 Å². The standard InChI is InChI=1S/C21H24ClN5O5/c1-5-32-20(29)15-14(11-8-6-7-9-12(11)22)13(19(28)31-4)10(2)24-16(15)17(30-3)18-25-21(23)27-26-18/h6-9,14,17,24H,5H2,1-4H3,(H3,23,25,26,27). The molecule has 0 fully saturated rings. The van der Waals surface area contributed by atoms with Crippen LogP contribution in [0.2, 0.25) is 5.02 Å². The van der Waals surface area contributed by atoms with Gasteiger partial charge in [-0.3, -0.25) is 5.10 Å². The molecule has 2 atom stereocenters. The molecule has 0 spiro atoms. The summed E-state index contributed by atoms with van der Waals surface area (Å²) < 4.78 is 16.0. The summed E-state index contributed by atoms with van der Waals surface area (Å²) in [5, 5.41) is 10.0. The van der Waals surface area contributed by atoms with Crippen molar-refractivity contribution in [1.82, 2.24) is 20.5 Å². The molecule has 170 valence electrons. The summed E-state index contributed by atoms with van der Waals surface area (Å²) in [4.78, 5) is 30.2. The number of halogens is 1. The molecule has 4 N–H and O–H groups in total. The number of nitrogens with one attached hydrogen (secondary N) is 2. The number of hydrogen-bond donors (Lipinski definition) is 3. The fourth-order valence-electron chi connectivity index (χ4n) is 3.67. The van der Waals surface area contributed by atoms with Gasteiger partial charge in [-0.15, -0.1) is 5.10 Å². The van der Waals surface area contributed by atoms with Crippen molar-refractivity contribution in [2.75, 3.05) is 26.6 Å². The van der Waals surface area contributed by atoms with E-state index in [1.54, 1.807) is 38.1 Å². The second-order valence-corrected chi connectivity index (χ2v) is 7.26. The summed E-state index contributed by atoms with van der Waals surface area (Å²) >= 11 is 6.50. The maximum Gasteiger partial charge on any atom is 0.336 e. The van der Waals surface area contributed by atoms with Gasteiger partial charge in [-0.1, -0.05) is 29.8 Å². The Morgan fingerprint density at radius 2 is 1.94 bits per heavy atom. The number of carbonyl (C=O) groups is 2. The number of benzene rings is 1.